The van der Waals surface area contributed by atoms with Crippen molar-refractivity contribution in [1.82, 2.24) is 10.0 Å². The quantitative estimate of drug-likeness (QED) is 0.636. The molecule has 0 radical (unpaired) electrons. The van der Waals surface area contributed by atoms with Gasteiger partial charge in [0.2, 0.25) is 5.91 Å². The second-order valence-electron chi connectivity index (χ2n) is 4.87. The Balaban J connectivity index is 2.11. The summed E-state index contributed by atoms with van der Waals surface area (Å²) in [4.78, 5) is 12.2. The molecule has 80 valence electrons. The Bertz CT molecular complexity index is 231. The molecule has 0 aromatic rings. The molecule has 3 nitrogen and oxygen atoms in total. The van der Waals surface area contributed by atoms with Crippen molar-refractivity contribution < 1.29 is 4.79 Å². The molecule has 2 aliphatic rings. The summed E-state index contributed by atoms with van der Waals surface area (Å²) in [5.41, 5.74) is 0.0303. The summed E-state index contributed by atoms with van der Waals surface area (Å²) in [7, 11) is 3.92. The second kappa shape index (κ2) is 3.54. The lowest BCUT2D eigenvalue weighted by Crippen LogP contribution is -2.42. The summed E-state index contributed by atoms with van der Waals surface area (Å²) in [6, 6.07) is 0. The minimum Gasteiger partial charge on any atom is -0.275 e. The number of carbonyl (C=O) groups excluding carboxylic acids is 1. The van der Waals surface area contributed by atoms with Crippen molar-refractivity contribution in [2.45, 2.75) is 38.5 Å². The third-order valence-electron chi connectivity index (χ3n) is 3.78. The number of hydrogen-bond acceptors (Lipinski definition) is 2. The molecular weight excluding hydrogens is 176 g/mol. The molecule has 0 aromatic carbocycles. The van der Waals surface area contributed by atoms with Crippen LogP contribution >= 0.6 is 0 Å². The van der Waals surface area contributed by atoms with Gasteiger partial charge in [-0.15, -0.1) is 0 Å². The smallest absolute Gasteiger partial charge is 0.243 e. The number of hydrogen-bond donors (Lipinski definition) is 0. The van der Waals surface area contributed by atoms with E-state index in [1.165, 1.54) is 19.3 Å². The maximum Gasteiger partial charge on any atom is 0.243 e. The zero-order chi connectivity index (χ0) is 10.2. The first-order chi connectivity index (χ1) is 6.66. The topological polar surface area (TPSA) is 23.6 Å². The number of carbonyl (C=O) groups is 1. The maximum atomic E-state index is 12.2. The molecule has 1 saturated carbocycles. The van der Waals surface area contributed by atoms with Crippen molar-refractivity contribution >= 4 is 5.91 Å². The van der Waals surface area contributed by atoms with Gasteiger partial charge in [-0.05, 0) is 19.3 Å². The summed E-state index contributed by atoms with van der Waals surface area (Å²) < 4.78 is 0. The molecule has 0 unspecified atom stereocenters. The minimum absolute atomic E-state index is 0.0303. The third kappa shape index (κ3) is 1.44. The van der Waals surface area contributed by atoms with Crippen LogP contribution in [-0.2, 0) is 4.79 Å². The van der Waals surface area contributed by atoms with Crippen molar-refractivity contribution in [1.29, 1.82) is 0 Å². The van der Waals surface area contributed by atoms with Gasteiger partial charge in [-0.3, -0.25) is 9.80 Å². The molecule has 2 rings (SSSR count). The Morgan fingerprint density at radius 1 is 1.14 bits per heavy atom. The van der Waals surface area contributed by atoms with Crippen LogP contribution < -0.4 is 0 Å². The maximum absolute atomic E-state index is 12.2. The second-order valence-corrected chi connectivity index (χ2v) is 4.87. The molecule has 3 heteroatoms. The summed E-state index contributed by atoms with van der Waals surface area (Å²) in [5.74, 6) is 0.377. The SMILES string of the molecule is CN(C)N1CCC2(CCCCC2)C1=O. The number of nitrogens with zero attached hydrogens (tertiary/aromatic N) is 2. The number of amides is 1. The summed E-state index contributed by atoms with van der Waals surface area (Å²) >= 11 is 0. The van der Waals surface area contributed by atoms with E-state index in [9.17, 15) is 4.79 Å². The fourth-order valence-corrected chi connectivity index (χ4v) is 2.88. The molecule has 0 N–H and O–H groups in total. The molecule has 1 spiro atoms. The van der Waals surface area contributed by atoms with E-state index in [2.05, 4.69) is 0 Å². The van der Waals surface area contributed by atoms with Crippen LogP contribution in [0.25, 0.3) is 0 Å². The highest BCUT2D eigenvalue weighted by atomic mass is 16.2. The van der Waals surface area contributed by atoms with E-state index in [4.69, 9.17) is 0 Å². The summed E-state index contributed by atoms with van der Waals surface area (Å²) in [5, 5.41) is 3.84. The Morgan fingerprint density at radius 3 is 2.29 bits per heavy atom. The average molecular weight is 196 g/mol. The van der Waals surface area contributed by atoms with Crippen LogP contribution in [0.1, 0.15) is 38.5 Å². The van der Waals surface area contributed by atoms with Crippen LogP contribution in [0.2, 0.25) is 0 Å². The summed E-state index contributed by atoms with van der Waals surface area (Å²) in [6.07, 6.45) is 7.12. The standard InChI is InChI=1S/C11H20N2O/c1-12(2)13-9-8-11(10(13)14)6-4-3-5-7-11/h3-9H2,1-2H3. The van der Waals surface area contributed by atoms with Crippen LogP contribution in [0.5, 0.6) is 0 Å². The van der Waals surface area contributed by atoms with Crippen molar-refractivity contribution in [3.8, 4) is 0 Å². The fraction of sp³-hybridized carbons (Fsp3) is 0.909. The predicted molar refractivity (Wildman–Crippen MR) is 55.5 cm³/mol. The molecule has 0 aromatic heterocycles. The van der Waals surface area contributed by atoms with Crippen molar-refractivity contribution in [3.63, 3.8) is 0 Å². The van der Waals surface area contributed by atoms with E-state index in [1.807, 2.05) is 24.1 Å². The predicted octanol–water partition coefficient (Wildman–Crippen LogP) is 1.65. The van der Waals surface area contributed by atoms with Crippen LogP contribution in [0, 0.1) is 5.41 Å². The highest BCUT2D eigenvalue weighted by Crippen LogP contribution is 2.44. The number of hydrazine groups is 1. The first-order valence-electron chi connectivity index (χ1n) is 5.65. The lowest BCUT2D eigenvalue weighted by atomic mass is 9.73. The largest absolute Gasteiger partial charge is 0.275 e. The highest BCUT2D eigenvalue weighted by Gasteiger charge is 2.47. The van der Waals surface area contributed by atoms with Gasteiger partial charge in [0.15, 0.2) is 0 Å². The highest BCUT2D eigenvalue weighted by molar-refractivity contribution is 5.84. The van der Waals surface area contributed by atoms with Gasteiger partial charge in [0, 0.05) is 20.6 Å². The summed E-state index contributed by atoms with van der Waals surface area (Å²) in [6.45, 7) is 0.922. The average Bonchev–Trinajstić information content (AvgIpc) is 2.46. The van der Waals surface area contributed by atoms with Gasteiger partial charge in [0.25, 0.3) is 0 Å². The van der Waals surface area contributed by atoms with Gasteiger partial charge in [0.05, 0.1) is 5.41 Å². The molecule has 1 aliphatic carbocycles. The molecule has 1 amide bonds. The Hall–Kier alpha value is -0.570. The first-order valence-corrected chi connectivity index (χ1v) is 5.65. The van der Waals surface area contributed by atoms with Crippen molar-refractivity contribution in [3.05, 3.63) is 0 Å². The van der Waals surface area contributed by atoms with E-state index in [-0.39, 0.29) is 5.41 Å². The fourth-order valence-electron chi connectivity index (χ4n) is 2.88. The normalized spacial score (nSPS) is 26.5. The van der Waals surface area contributed by atoms with Gasteiger partial charge in [-0.25, -0.2) is 5.01 Å². The van der Waals surface area contributed by atoms with E-state index >= 15 is 0 Å². The van der Waals surface area contributed by atoms with E-state index in [0.717, 1.165) is 25.8 Å². The molecule has 0 atom stereocenters. The van der Waals surface area contributed by atoms with E-state index in [0.29, 0.717) is 5.91 Å². The van der Waals surface area contributed by atoms with Gasteiger partial charge in [-0.1, -0.05) is 19.3 Å². The molecule has 2 fully saturated rings. The van der Waals surface area contributed by atoms with Crippen molar-refractivity contribution in [2.24, 2.45) is 5.41 Å². The van der Waals surface area contributed by atoms with Gasteiger partial charge in [-0.2, -0.15) is 0 Å². The third-order valence-corrected chi connectivity index (χ3v) is 3.78. The van der Waals surface area contributed by atoms with Crippen LogP contribution in [-0.4, -0.2) is 36.6 Å². The lowest BCUT2D eigenvalue weighted by Gasteiger charge is -2.32. The van der Waals surface area contributed by atoms with Gasteiger partial charge in [0.1, 0.15) is 0 Å². The molecule has 1 aliphatic heterocycles. The first kappa shape index (κ1) is 9.97. The lowest BCUT2D eigenvalue weighted by molar-refractivity contribution is -0.148. The molecular formula is C11H20N2O. The Morgan fingerprint density at radius 2 is 1.79 bits per heavy atom. The van der Waals surface area contributed by atoms with E-state index < -0.39 is 0 Å². The molecule has 0 bridgehead atoms. The zero-order valence-electron chi connectivity index (χ0n) is 9.25. The number of rotatable bonds is 1. The monoisotopic (exact) mass is 196 g/mol. The molecule has 1 heterocycles. The van der Waals surface area contributed by atoms with E-state index in [1.54, 1.807) is 0 Å². The van der Waals surface area contributed by atoms with Crippen LogP contribution in [0.3, 0.4) is 0 Å². The minimum atomic E-state index is 0.0303. The zero-order valence-corrected chi connectivity index (χ0v) is 9.25. The van der Waals surface area contributed by atoms with Crippen LogP contribution in [0.15, 0.2) is 0 Å². The van der Waals surface area contributed by atoms with Crippen LogP contribution in [0.4, 0.5) is 0 Å². The Labute approximate surface area is 86.0 Å². The molecule has 14 heavy (non-hydrogen) atoms. The molecule has 1 saturated heterocycles. The van der Waals surface area contributed by atoms with Gasteiger partial charge >= 0.3 is 0 Å². The van der Waals surface area contributed by atoms with Gasteiger partial charge < -0.3 is 0 Å². The van der Waals surface area contributed by atoms with Crippen molar-refractivity contribution in [2.75, 3.05) is 20.6 Å². The Kier molecular flexibility index (Phi) is 2.52.